The molecule has 1 unspecified atom stereocenters. The highest BCUT2D eigenvalue weighted by Crippen LogP contribution is 2.12. The van der Waals surface area contributed by atoms with E-state index in [1.165, 1.54) is 19.3 Å². The lowest BCUT2D eigenvalue weighted by Crippen LogP contribution is -2.30. The molecule has 0 radical (unpaired) electrons. The first kappa shape index (κ1) is 65.8. The third kappa shape index (κ3) is 55.6. The van der Waals surface area contributed by atoms with Crippen molar-refractivity contribution in [2.24, 2.45) is 0 Å². The number of ether oxygens (including phenoxy) is 3. The Morgan fingerprint density at radius 2 is 0.549 bits per heavy atom. The van der Waals surface area contributed by atoms with Crippen LogP contribution in [0.15, 0.2) is 170 Å². The standard InChI is InChI=1S/C65H98O6/c1-4-7-10-13-16-19-22-25-28-31-32-35-37-40-43-46-49-52-55-58-64(67)70-61-62(71-65(68)59-56-53-50-47-44-41-38-34-30-27-24-21-18-15-12-9-6-3)60-69-63(66)57-54-51-48-45-42-39-36-33-29-26-23-20-17-14-11-8-5-2/h7-12,16-21,25-30,32,35,38,40-41,43,47,49-50,52,62H,4-6,13-15,22-24,31,33-34,36-37,39,42,44-46,48,51,53-61H2,1-3H3/b10-7-,11-8-,12-9-,19-16-,20-17-,21-18-,28-25-,29-26-,30-27-,35-32-,41-38-,43-40-,50-47-,52-49-. The van der Waals surface area contributed by atoms with Crippen LogP contribution in [0.5, 0.6) is 0 Å². The number of allylic oxidation sites excluding steroid dienone is 28. The van der Waals surface area contributed by atoms with Crippen LogP contribution in [0.2, 0.25) is 0 Å². The largest absolute Gasteiger partial charge is 0.462 e. The third-order valence-electron chi connectivity index (χ3n) is 10.7. The molecule has 0 saturated heterocycles. The highest BCUT2D eigenvalue weighted by atomic mass is 16.6. The first-order valence-electron chi connectivity index (χ1n) is 27.6. The van der Waals surface area contributed by atoms with Gasteiger partial charge in [0.2, 0.25) is 0 Å². The Morgan fingerprint density at radius 3 is 0.915 bits per heavy atom. The molecule has 0 amide bonds. The van der Waals surface area contributed by atoms with Crippen LogP contribution < -0.4 is 0 Å². The minimum Gasteiger partial charge on any atom is -0.462 e. The van der Waals surface area contributed by atoms with E-state index in [1.54, 1.807) is 0 Å². The lowest BCUT2D eigenvalue weighted by atomic mass is 10.1. The maximum Gasteiger partial charge on any atom is 0.306 e. The Bertz CT molecular complexity index is 1690. The lowest BCUT2D eigenvalue weighted by molar-refractivity contribution is -0.166. The smallest absolute Gasteiger partial charge is 0.306 e. The van der Waals surface area contributed by atoms with Gasteiger partial charge in [-0.2, -0.15) is 0 Å². The van der Waals surface area contributed by atoms with Crippen LogP contribution in [0.4, 0.5) is 0 Å². The quantitative estimate of drug-likeness (QED) is 0.0262. The fourth-order valence-corrected chi connectivity index (χ4v) is 6.69. The van der Waals surface area contributed by atoms with E-state index in [9.17, 15) is 14.4 Å². The Hall–Kier alpha value is -5.23. The van der Waals surface area contributed by atoms with Crippen molar-refractivity contribution >= 4 is 17.9 Å². The zero-order valence-corrected chi connectivity index (χ0v) is 44.9. The van der Waals surface area contributed by atoms with Crippen molar-refractivity contribution in [3.63, 3.8) is 0 Å². The predicted octanol–water partition coefficient (Wildman–Crippen LogP) is 18.8. The highest BCUT2D eigenvalue weighted by molar-refractivity contribution is 5.71. The van der Waals surface area contributed by atoms with E-state index < -0.39 is 12.1 Å². The van der Waals surface area contributed by atoms with Crippen molar-refractivity contribution in [3.8, 4) is 0 Å². The first-order chi connectivity index (χ1) is 35.0. The van der Waals surface area contributed by atoms with Gasteiger partial charge in [-0.3, -0.25) is 14.4 Å². The third-order valence-corrected chi connectivity index (χ3v) is 10.7. The molecule has 0 bridgehead atoms. The number of hydrogen-bond acceptors (Lipinski definition) is 6. The van der Waals surface area contributed by atoms with Crippen LogP contribution in [0.25, 0.3) is 0 Å². The van der Waals surface area contributed by atoms with Gasteiger partial charge in [0.15, 0.2) is 6.10 Å². The molecule has 0 aliphatic carbocycles. The molecule has 0 aromatic rings. The van der Waals surface area contributed by atoms with Crippen molar-refractivity contribution in [2.75, 3.05) is 13.2 Å². The molecule has 6 heteroatoms. The average molecular weight is 975 g/mol. The number of rotatable bonds is 47. The first-order valence-corrected chi connectivity index (χ1v) is 27.6. The molecule has 0 heterocycles. The molecule has 0 rings (SSSR count). The summed E-state index contributed by atoms with van der Waals surface area (Å²) in [6.45, 7) is 6.15. The summed E-state index contributed by atoms with van der Waals surface area (Å²) in [5, 5.41) is 0. The van der Waals surface area contributed by atoms with Crippen LogP contribution in [-0.4, -0.2) is 37.2 Å². The molecule has 0 aromatic carbocycles. The zero-order valence-electron chi connectivity index (χ0n) is 44.9. The average Bonchev–Trinajstić information content (AvgIpc) is 3.37. The Morgan fingerprint density at radius 1 is 0.282 bits per heavy atom. The molecule has 71 heavy (non-hydrogen) atoms. The maximum absolute atomic E-state index is 12.8. The van der Waals surface area contributed by atoms with Crippen LogP contribution >= 0.6 is 0 Å². The molecule has 0 aromatic heterocycles. The van der Waals surface area contributed by atoms with E-state index in [2.05, 4.69) is 179 Å². The number of carbonyl (C=O) groups excluding carboxylic acids is 3. The maximum atomic E-state index is 12.8. The van der Waals surface area contributed by atoms with Crippen LogP contribution in [0.3, 0.4) is 0 Å². The molecular formula is C65H98O6. The van der Waals surface area contributed by atoms with Crippen molar-refractivity contribution < 1.29 is 28.6 Å². The minimum atomic E-state index is -0.853. The fraction of sp³-hybridized carbons (Fsp3) is 0.523. The number of carbonyl (C=O) groups is 3. The second-order valence-corrected chi connectivity index (χ2v) is 17.3. The normalized spacial score (nSPS) is 13.5. The van der Waals surface area contributed by atoms with Gasteiger partial charge < -0.3 is 14.2 Å². The topological polar surface area (TPSA) is 78.9 Å². The lowest BCUT2D eigenvalue weighted by Gasteiger charge is -2.18. The van der Waals surface area contributed by atoms with Gasteiger partial charge in [0.1, 0.15) is 13.2 Å². The summed E-state index contributed by atoms with van der Waals surface area (Å²) in [5.74, 6) is -1.11. The fourth-order valence-electron chi connectivity index (χ4n) is 6.69. The summed E-state index contributed by atoms with van der Waals surface area (Å²) < 4.78 is 16.7. The summed E-state index contributed by atoms with van der Waals surface area (Å²) >= 11 is 0. The summed E-state index contributed by atoms with van der Waals surface area (Å²) in [6.07, 6.45) is 85.0. The van der Waals surface area contributed by atoms with Gasteiger partial charge in [-0.1, -0.05) is 223 Å². The molecule has 0 fully saturated rings. The van der Waals surface area contributed by atoms with E-state index in [4.69, 9.17) is 14.2 Å². The molecule has 0 spiro atoms. The molecule has 0 aliphatic rings. The van der Waals surface area contributed by atoms with Gasteiger partial charge in [-0.15, -0.1) is 0 Å². The van der Waals surface area contributed by atoms with Crippen molar-refractivity contribution in [3.05, 3.63) is 170 Å². The van der Waals surface area contributed by atoms with Gasteiger partial charge in [0.05, 0.1) is 0 Å². The van der Waals surface area contributed by atoms with Crippen molar-refractivity contribution in [1.29, 1.82) is 0 Å². The van der Waals surface area contributed by atoms with E-state index in [1.807, 2.05) is 12.2 Å². The number of unbranched alkanes of at least 4 members (excludes halogenated alkanes) is 8. The zero-order chi connectivity index (χ0) is 51.4. The number of esters is 3. The predicted molar refractivity (Wildman–Crippen MR) is 306 cm³/mol. The molecule has 1 atom stereocenters. The molecule has 0 saturated carbocycles. The Balaban J connectivity index is 4.64. The molecule has 0 aliphatic heterocycles. The summed E-state index contributed by atoms with van der Waals surface area (Å²) in [7, 11) is 0. The van der Waals surface area contributed by atoms with Gasteiger partial charge in [0, 0.05) is 19.3 Å². The van der Waals surface area contributed by atoms with Crippen LogP contribution in [0.1, 0.15) is 201 Å². The van der Waals surface area contributed by atoms with Crippen molar-refractivity contribution in [2.45, 2.75) is 207 Å². The van der Waals surface area contributed by atoms with Gasteiger partial charge in [-0.25, -0.2) is 0 Å². The summed E-state index contributed by atoms with van der Waals surface area (Å²) in [4.78, 5) is 38.1. The summed E-state index contributed by atoms with van der Waals surface area (Å²) in [5.41, 5.74) is 0. The van der Waals surface area contributed by atoms with Gasteiger partial charge in [-0.05, 0) is 128 Å². The second-order valence-electron chi connectivity index (χ2n) is 17.3. The summed E-state index contributed by atoms with van der Waals surface area (Å²) in [6, 6.07) is 0. The van der Waals surface area contributed by atoms with E-state index in [0.717, 1.165) is 128 Å². The van der Waals surface area contributed by atoms with Crippen molar-refractivity contribution in [1.82, 2.24) is 0 Å². The monoisotopic (exact) mass is 975 g/mol. The molecule has 0 N–H and O–H groups in total. The van der Waals surface area contributed by atoms with Gasteiger partial charge in [0.25, 0.3) is 0 Å². The number of hydrogen-bond donors (Lipinski definition) is 0. The SMILES string of the molecule is CC/C=C\C/C=C\C/C=C\C/C=C\C/C=C\C/C=C\CCC(=O)OCC(COC(=O)CCCCCCCCC/C=C\C/C=C\C/C=C\CC)OC(=O)CCC/C=C\C/C=C\C/C=C\C/C=C\C/C=C\CC. The highest BCUT2D eigenvalue weighted by Gasteiger charge is 2.19. The Kier molecular flexibility index (Phi) is 53.1. The van der Waals surface area contributed by atoms with E-state index in [0.29, 0.717) is 19.3 Å². The minimum absolute atomic E-state index is 0.138. The Labute approximate surface area is 434 Å². The van der Waals surface area contributed by atoms with E-state index >= 15 is 0 Å². The van der Waals surface area contributed by atoms with Crippen LogP contribution in [0, 0.1) is 0 Å². The second kappa shape index (κ2) is 57.3. The van der Waals surface area contributed by atoms with Crippen LogP contribution in [-0.2, 0) is 28.6 Å². The molecular weight excluding hydrogens is 877 g/mol. The molecule has 394 valence electrons. The molecule has 6 nitrogen and oxygen atoms in total. The van der Waals surface area contributed by atoms with Gasteiger partial charge >= 0.3 is 17.9 Å². The van der Waals surface area contributed by atoms with E-state index in [-0.39, 0.29) is 38.0 Å².